The van der Waals surface area contributed by atoms with Gasteiger partial charge in [0.05, 0.1) is 74.9 Å². The fourth-order valence-electron chi connectivity index (χ4n) is 11.0. The lowest BCUT2D eigenvalue weighted by molar-refractivity contribution is 0.00497. The maximum Gasteiger partial charge on any atom is 0.226 e. The predicted octanol–water partition coefficient (Wildman–Crippen LogP) is 0.413. The van der Waals surface area contributed by atoms with E-state index in [1.54, 1.807) is 25.0 Å². The quantitative estimate of drug-likeness (QED) is 0.0579. The molecule has 6 aromatic rings. The van der Waals surface area contributed by atoms with E-state index >= 15 is 0 Å². The van der Waals surface area contributed by atoms with Gasteiger partial charge in [0.2, 0.25) is 11.9 Å². The summed E-state index contributed by atoms with van der Waals surface area (Å²) in [6.45, 7) is 13.2. The maximum absolute atomic E-state index is 11.5. The van der Waals surface area contributed by atoms with Crippen molar-refractivity contribution >= 4 is 45.9 Å². The van der Waals surface area contributed by atoms with E-state index in [0.29, 0.717) is 111 Å². The standard InChI is InChI=1S/C46H68N20O6/c1-3-27-23-51-65(59-27)33-21-31(37(67)39(33)69)63-25-49-35-41(55-45(57-43(35)63)47-9-11-61-13-17-71-18-14-61)53-29-5-7-30(8-6-29)54-42-36-44(58-46(56-42)48-10-12-62-15-19-72-20-16-62)64(26-50-36)32-22-34(40(70)38(32)68)66-52-24-28(4-2)60-66/h23-26,29-34,37-40,67-70H,3-22H2,1-2H3,(H2,47,53,55,57)(H2,48,54,56,58)/t29-,30+,31-,32-,33+,34+,37+,38+,39-,40-/m1/s1. The van der Waals surface area contributed by atoms with Crippen LogP contribution >= 0.6 is 0 Å². The summed E-state index contributed by atoms with van der Waals surface area (Å²) in [4.78, 5) is 37.3. The number of aliphatic hydroxyl groups is 4. The second kappa shape index (κ2) is 21.4. The first-order chi connectivity index (χ1) is 35.2. The molecule has 2 saturated heterocycles. The molecule has 26 heteroatoms. The van der Waals surface area contributed by atoms with Gasteiger partial charge in [0, 0.05) is 64.4 Å². The normalized spacial score (nSPS) is 28.6. The molecule has 0 spiro atoms. The third kappa shape index (κ3) is 10.0. The predicted molar refractivity (Wildman–Crippen MR) is 264 cm³/mol. The van der Waals surface area contributed by atoms with Crippen LogP contribution < -0.4 is 21.3 Å². The molecule has 0 amide bonds. The van der Waals surface area contributed by atoms with Crippen molar-refractivity contribution in [2.75, 3.05) is 100 Å². The zero-order chi connectivity index (χ0) is 49.3. The number of imidazole rings is 2. The lowest BCUT2D eigenvalue weighted by Gasteiger charge is -2.30. The molecule has 3 saturated carbocycles. The Morgan fingerprint density at radius 3 is 1.35 bits per heavy atom. The Kier molecular flexibility index (Phi) is 14.4. The van der Waals surface area contributed by atoms with Gasteiger partial charge in [0.1, 0.15) is 36.5 Å². The average molecular weight is 997 g/mol. The summed E-state index contributed by atoms with van der Waals surface area (Å²) in [6, 6.07) is -1.96. The summed E-state index contributed by atoms with van der Waals surface area (Å²) in [5.74, 6) is 2.09. The van der Waals surface area contributed by atoms with E-state index in [9.17, 15) is 20.4 Å². The molecule has 72 heavy (non-hydrogen) atoms. The van der Waals surface area contributed by atoms with Gasteiger partial charge in [0.15, 0.2) is 34.0 Å². The van der Waals surface area contributed by atoms with E-state index < -0.39 is 48.6 Å². The molecule has 8 N–H and O–H groups in total. The second-order valence-electron chi connectivity index (χ2n) is 19.8. The lowest BCUT2D eigenvalue weighted by atomic mass is 9.91. The molecule has 6 aromatic heterocycles. The molecule has 8 heterocycles. The van der Waals surface area contributed by atoms with Crippen LogP contribution in [-0.4, -0.2) is 215 Å². The smallest absolute Gasteiger partial charge is 0.226 e. The van der Waals surface area contributed by atoms with E-state index in [-0.39, 0.29) is 12.1 Å². The molecule has 0 unspecified atom stereocenters. The van der Waals surface area contributed by atoms with E-state index in [0.717, 1.165) is 76.3 Å². The van der Waals surface area contributed by atoms with Crippen LogP contribution in [0.5, 0.6) is 0 Å². The molecule has 2 aliphatic heterocycles. The van der Waals surface area contributed by atoms with Crippen molar-refractivity contribution in [3.8, 4) is 0 Å². The van der Waals surface area contributed by atoms with Crippen molar-refractivity contribution in [2.45, 2.75) is 126 Å². The van der Waals surface area contributed by atoms with Crippen molar-refractivity contribution in [3.05, 3.63) is 36.4 Å². The topological polar surface area (TPSA) is 303 Å². The highest BCUT2D eigenvalue weighted by Gasteiger charge is 2.47. The minimum absolute atomic E-state index is 0.0670. The molecule has 0 radical (unpaired) electrons. The number of hydrogen-bond acceptors (Lipinski definition) is 22. The Labute approximate surface area is 415 Å². The van der Waals surface area contributed by atoms with Crippen LogP contribution in [0.4, 0.5) is 23.5 Å². The third-order valence-corrected chi connectivity index (χ3v) is 15.3. The monoisotopic (exact) mass is 997 g/mol. The minimum Gasteiger partial charge on any atom is -0.388 e. The van der Waals surface area contributed by atoms with E-state index in [1.807, 2.05) is 23.0 Å². The first-order valence-corrected chi connectivity index (χ1v) is 25.8. The number of aromatic nitrogens is 14. The van der Waals surface area contributed by atoms with Crippen LogP contribution in [0.25, 0.3) is 22.3 Å². The van der Waals surface area contributed by atoms with Gasteiger partial charge in [-0.25, -0.2) is 9.97 Å². The number of rotatable bonds is 18. The fraction of sp³-hybridized carbons (Fsp3) is 0.696. The van der Waals surface area contributed by atoms with Gasteiger partial charge in [-0.05, 0) is 51.4 Å². The number of aliphatic hydroxyl groups excluding tert-OH is 4. The number of anilines is 4. The van der Waals surface area contributed by atoms with Gasteiger partial charge in [-0.3, -0.25) is 9.80 Å². The molecular formula is C46H68N20O6. The third-order valence-electron chi connectivity index (χ3n) is 15.3. The number of aryl methyl sites for hydroxylation is 2. The molecule has 8 atom stereocenters. The lowest BCUT2D eigenvalue weighted by Crippen LogP contribution is -2.39. The van der Waals surface area contributed by atoms with Crippen molar-refractivity contribution in [1.82, 2.24) is 78.8 Å². The van der Waals surface area contributed by atoms with Crippen LogP contribution in [-0.2, 0) is 22.3 Å². The fourth-order valence-corrected chi connectivity index (χ4v) is 11.0. The summed E-state index contributed by atoms with van der Waals surface area (Å²) in [5.41, 5.74) is 3.90. The molecule has 0 bridgehead atoms. The van der Waals surface area contributed by atoms with Gasteiger partial charge in [0.25, 0.3) is 0 Å². The van der Waals surface area contributed by atoms with Crippen molar-refractivity contribution in [3.63, 3.8) is 0 Å². The molecule has 11 rings (SSSR count). The number of hydrogen-bond donors (Lipinski definition) is 8. The van der Waals surface area contributed by atoms with Gasteiger partial charge >= 0.3 is 0 Å². The maximum atomic E-state index is 11.5. The van der Waals surface area contributed by atoms with Crippen LogP contribution in [0.3, 0.4) is 0 Å². The largest absolute Gasteiger partial charge is 0.388 e. The first kappa shape index (κ1) is 48.5. The summed E-state index contributed by atoms with van der Waals surface area (Å²) in [7, 11) is 0. The molecule has 26 nitrogen and oxygen atoms in total. The van der Waals surface area contributed by atoms with Crippen molar-refractivity contribution in [2.24, 2.45) is 0 Å². The van der Waals surface area contributed by atoms with Gasteiger partial charge in [-0.1, -0.05) is 13.8 Å². The summed E-state index contributed by atoms with van der Waals surface area (Å²) < 4.78 is 14.8. The highest BCUT2D eigenvalue weighted by Crippen LogP contribution is 2.42. The van der Waals surface area contributed by atoms with Gasteiger partial charge in [-0.15, -0.1) is 0 Å². The summed E-state index contributed by atoms with van der Waals surface area (Å²) in [5, 5.41) is 77.8. The molecule has 5 aliphatic rings. The van der Waals surface area contributed by atoms with Crippen LogP contribution in [0.1, 0.15) is 87.9 Å². The number of fused-ring (bicyclic) bond motifs is 2. The zero-order valence-electron chi connectivity index (χ0n) is 41.0. The molecular weight excluding hydrogens is 929 g/mol. The Hall–Kier alpha value is -5.74. The van der Waals surface area contributed by atoms with E-state index in [1.165, 1.54) is 9.59 Å². The van der Waals surface area contributed by atoms with Crippen LogP contribution in [0, 0.1) is 0 Å². The Morgan fingerprint density at radius 2 is 0.958 bits per heavy atom. The van der Waals surface area contributed by atoms with Gasteiger partial charge < -0.3 is 60.3 Å². The van der Waals surface area contributed by atoms with Gasteiger partial charge in [-0.2, -0.15) is 49.9 Å². The number of morpholine rings is 2. The highest BCUT2D eigenvalue weighted by molar-refractivity contribution is 5.85. The average Bonchev–Trinajstić information content (AvgIpc) is 4.29. The van der Waals surface area contributed by atoms with Crippen molar-refractivity contribution in [1.29, 1.82) is 0 Å². The van der Waals surface area contributed by atoms with Crippen LogP contribution in [0.2, 0.25) is 0 Å². The number of nitrogens with one attached hydrogen (secondary N) is 4. The summed E-state index contributed by atoms with van der Waals surface area (Å²) >= 11 is 0. The zero-order valence-corrected chi connectivity index (χ0v) is 41.0. The summed E-state index contributed by atoms with van der Waals surface area (Å²) in [6.07, 6.45) is 7.86. The first-order valence-electron chi connectivity index (χ1n) is 25.8. The molecule has 388 valence electrons. The Balaban J connectivity index is 0.811. The highest BCUT2D eigenvalue weighted by atomic mass is 16.5. The molecule has 5 fully saturated rings. The van der Waals surface area contributed by atoms with Crippen LogP contribution in [0.15, 0.2) is 25.0 Å². The number of nitrogens with zero attached hydrogens (tertiary/aromatic N) is 16. The molecule has 3 aliphatic carbocycles. The van der Waals surface area contributed by atoms with Crippen molar-refractivity contribution < 1.29 is 29.9 Å². The Bertz CT molecular complexity index is 2560. The minimum atomic E-state index is -1.10. The van der Waals surface area contributed by atoms with E-state index in [2.05, 4.69) is 51.5 Å². The number of ether oxygens (including phenoxy) is 2. The van der Waals surface area contributed by atoms with E-state index in [4.69, 9.17) is 39.4 Å². The molecule has 0 aromatic carbocycles. The second-order valence-corrected chi connectivity index (χ2v) is 19.8. The Morgan fingerprint density at radius 1 is 0.556 bits per heavy atom. The SMILES string of the molecule is CCc1cnn([C@H]2C[C@@H](n3cnc4c(N[C@H]5CC[C@@H](Nc6nc(NCCN7CCOCC7)nc7c6ncn7[C@@H]6C[C@H](n7ncc(CC)n7)[C@@H](O)[C@H]6O)CC5)nc(NCCN5CCOCC5)nc43)[C@H](O)[C@@H]2O)n1.